The monoisotopic (exact) mass is 388 g/mol. The van der Waals surface area contributed by atoms with Crippen LogP contribution in [-0.2, 0) is 6.42 Å². The molecule has 2 aliphatic carbocycles. The largest absolute Gasteiger partial charge is 0.0775 e. The lowest BCUT2D eigenvalue weighted by atomic mass is 9.76. The molecule has 148 valence electrons. The van der Waals surface area contributed by atoms with Gasteiger partial charge < -0.3 is 0 Å². The van der Waals surface area contributed by atoms with E-state index in [1.807, 2.05) is 0 Å². The fourth-order valence-electron chi connectivity index (χ4n) is 5.60. The summed E-state index contributed by atoms with van der Waals surface area (Å²) in [5, 5.41) is 1.54. The molecule has 4 rings (SSSR count). The number of fused-ring (bicyclic) bond motifs is 1. The smallest absolute Gasteiger partial charge is 0.0656 e. The second-order valence-corrected chi connectivity index (χ2v) is 15.4. The van der Waals surface area contributed by atoms with E-state index in [9.17, 15) is 0 Å². The first-order chi connectivity index (χ1) is 13.4. The molecule has 2 aromatic carbocycles. The van der Waals surface area contributed by atoms with Crippen LogP contribution in [-0.4, -0.2) is 8.07 Å². The summed E-state index contributed by atoms with van der Waals surface area (Å²) in [4.78, 5) is 0. The number of hydrogen-bond acceptors (Lipinski definition) is 0. The van der Waals surface area contributed by atoms with Crippen LogP contribution >= 0.6 is 0 Å². The van der Waals surface area contributed by atoms with Crippen LogP contribution in [0.4, 0.5) is 0 Å². The van der Waals surface area contributed by atoms with Gasteiger partial charge in [-0.2, -0.15) is 0 Å². The van der Waals surface area contributed by atoms with Gasteiger partial charge in [-0.15, -0.1) is 0 Å². The van der Waals surface area contributed by atoms with Crippen molar-refractivity contribution in [2.24, 2.45) is 5.41 Å². The van der Waals surface area contributed by atoms with Crippen molar-refractivity contribution in [2.45, 2.75) is 77.9 Å². The molecule has 0 atom stereocenters. The van der Waals surface area contributed by atoms with E-state index >= 15 is 0 Å². The van der Waals surface area contributed by atoms with Crippen molar-refractivity contribution >= 4 is 19.3 Å². The topological polar surface area (TPSA) is 0 Å². The van der Waals surface area contributed by atoms with E-state index in [4.69, 9.17) is 0 Å². The van der Waals surface area contributed by atoms with Crippen molar-refractivity contribution in [3.63, 3.8) is 0 Å². The zero-order valence-corrected chi connectivity index (χ0v) is 19.3. The number of allylic oxidation sites excluding steroid dienone is 1. The van der Waals surface area contributed by atoms with Gasteiger partial charge in [0.05, 0.1) is 8.07 Å². The lowest BCUT2D eigenvalue weighted by Crippen LogP contribution is -2.37. The molecule has 1 fully saturated rings. The SMILES string of the molecule is CCCC1(CC2=Cc3c(cccc3-c3ccc([Si](C)(C)C)cc3)C2)CCCC1. The predicted molar refractivity (Wildman–Crippen MR) is 127 cm³/mol. The van der Waals surface area contributed by atoms with Gasteiger partial charge in [-0.25, -0.2) is 0 Å². The van der Waals surface area contributed by atoms with E-state index in [0.717, 1.165) is 0 Å². The molecule has 0 radical (unpaired) electrons. The molecule has 0 aromatic heterocycles. The third kappa shape index (κ3) is 3.92. The van der Waals surface area contributed by atoms with Crippen molar-refractivity contribution in [1.82, 2.24) is 0 Å². The lowest BCUT2D eigenvalue weighted by molar-refractivity contribution is 0.265. The third-order valence-corrected chi connectivity index (χ3v) is 9.14. The Morgan fingerprint density at radius 1 is 0.929 bits per heavy atom. The molecule has 1 heteroatoms. The predicted octanol–water partition coefficient (Wildman–Crippen LogP) is 7.59. The highest BCUT2D eigenvalue weighted by atomic mass is 28.3. The fraction of sp³-hybridized carbons (Fsp3) is 0.481. The molecular weight excluding hydrogens is 352 g/mol. The van der Waals surface area contributed by atoms with Gasteiger partial charge in [-0.3, -0.25) is 0 Å². The van der Waals surface area contributed by atoms with E-state index in [-0.39, 0.29) is 0 Å². The first kappa shape index (κ1) is 19.7. The van der Waals surface area contributed by atoms with Gasteiger partial charge >= 0.3 is 0 Å². The molecule has 0 amide bonds. The van der Waals surface area contributed by atoms with Crippen LogP contribution in [0, 0.1) is 5.41 Å². The molecule has 2 aromatic rings. The van der Waals surface area contributed by atoms with Crippen molar-refractivity contribution in [3.05, 3.63) is 59.2 Å². The summed E-state index contributed by atoms with van der Waals surface area (Å²) in [7, 11) is -1.24. The summed E-state index contributed by atoms with van der Waals surface area (Å²) in [5.41, 5.74) is 8.10. The second kappa shape index (κ2) is 7.67. The van der Waals surface area contributed by atoms with Gasteiger partial charge in [-0.1, -0.05) is 105 Å². The highest BCUT2D eigenvalue weighted by Crippen LogP contribution is 2.48. The molecule has 0 spiro atoms. The van der Waals surface area contributed by atoms with Gasteiger partial charge in [0.2, 0.25) is 0 Å². The summed E-state index contributed by atoms with van der Waals surface area (Å²) in [5.74, 6) is 0. The normalized spacial score (nSPS) is 18.2. The minimum atomic E-state index is -1.24. The van der Waals surface area contributed by atoms with Gasteiger partial charge in [0.1, 0.15) is 0 Å². The average Bonchev–Trinajstić information content (AvgIpc) is 3.28. The van der Waals surface area contributed by atoms with Gasteiger partial charge in [0.25, 0.3) is 0 Å². The molecule has 0 bridgehead atoms. The summed E-state index contributed by atoms with van der Waals surface area (Å²) in [6, 6.07) is 16.4. The fourth-order valence-corrected chi connectivity index (χ4v) is 6.77. The van der Waals surface area contributed by atoms with E-state index < -0.39 is 8.07 Å². The Kier molecular flexibility index (Phi) is 5.40. The quantitative estimate of drug-likeness (QED) is 0.447. The van der Waals surface area contributed by atoms with Gasteiger partial charge in [-0.05, 0) is 59.8 Å². The molecule has 0 unspecified atom stereocenters. The molecule has 0 nitrogen and oxygen atoms in total. The zero-order chi connectivity index (χ0) is 19.8. The maximum atomic E-state index is 2.55. The molecular formula is C27H36Si. The summed E-state index contributed by atoms with van der Waals surface area (Å²) in [6.45, 7) is 9.63. The van der Waals surface area contributed by atoms with Crippen molar-refractivity contribution in [2.75, 3.05) is 0 Å². The van der Waals surface area contributed by atoms with Crippen LogP contribution in [0.1, 0.15) is 63.0 Å². The Morgan fingerprint density at radius 2 is 1.64 bits per heavy atom. The van der Waals surface area contributed by atoms with E-state index in [0.29, 0.717) is 5.41 Å². The summed E-state index contributed by atoms with van der Waals surface area (Å²) < 4.78 is 0. The maximum Gasteiger partial charge on any atom is 0.0775 e. The van der Waals surface area contributed by atoms with Crippen molar-refractivity contribution in [3.8, 4) is 11.1 Å². The van der Waals surface area contributed by atoms with Crippen molar-refractivity contribution < 1.29 is 0 Å². The second-order valence-electron chi connectivity index (χ2n) is 10.3. The highest BCUT2D eigenvalue weighted by molar-refractivity contribution is 6.88. The standard InChI is InChI=1S/C27H36Si/c1-5-15-27(16-6-7-17-27)20-21-18-23-9-8-10-25(26(23)19-21)22-11-13-24(14-12-22)28(2,3)4/h8-14,19H,5-7,15-18,20H2,1-4H3. The van der Waals surface area contributed by atoms with Crippen LogP contribution in [0.15, 0.2) is 48.0 Å². The van der Waals surface area contributed by atoms with Crippen LogP contribution in [0.5, 0.6) is 0 Å². The molecule has 2 aliphatic rings. The minimum absolute atomic E-state index is 0.599. The number of benzene rings is 2. The molecule has 1 saturated carbocycles. The summed E-state index contributed by atoms with van der Waals surface area (Å²) in [6.07, 6.45) is 13.5. The average molecular weight is 389 g/mol. The van der Waals surface area contributed by atoms with Crippen LogP contribution in [0.3, 0.4) is 0 Å². The number of rotatable bonds is 6. The Balaban J connectivity index is 1.62. The van der Waals surface area contributed by atoms with Gasteiger partial charge in [0.15, 0.2) is 0 Å². The van der Waals surface area contributed by atoms with E-state index in [1.165, 1.54) is 73.6 Å². The molecule has 28 heavy (non-hydrogen) atoms. The van der Waals surface area contributed by atoms with Crippen LogP contribution in [0.2, 0.25) is 19.6 Å². The summed E-state index contributed by atoms with van der Waals surface area (Å²) >= 11 is 0. The highest BCUT2D eigenvalue weighted by Gasteiger charge is 2.34. The first-order valence-electron chi connectivity index (χ1n) is 11.3. The van der Waals surface area contributed by atoms with Crippen LogP contribution in [0.25, 0.3) is 17.2 Å². The van der Waals surface area contributed by atoms with Crippen molar-refractivity contribution in [1.29, 1.82) is 0 Å². The zero-order valence-electron chi connectivity index (χ0n) is 18.3. The lowest BCUT2D eigenvalue weighted by Gasteiger charge is -2.29. The Morgan fingerprint density at radius 3 is 2.29 bits per heavy atom. The van der Waals surface area contributed by atoms with E-state index in [1.54, 1.807) is 10.8 Å². The molecule has 0 heterocycles. The number of hydrogen-bond donors (Lipinski definition) is 0. The van der Waals surface area contributed by atoms with Crippen LogP contribution < -0.4 is 5.19 Å². The molecule has 0 saturated heterocycles. The van der Waals surface area contributed by atoms with E-state index in [2.05, 4.69) is 75.1 Å². The first-order valence-corrected chi connectivity index (χ1v) is 14.8. The Bertz CT molecular complexity index is 858. The Hall–Kier alpha value is -1.60. The molecule has 0 N–H and O–H groups in total. The minimum Gasteiger partial charge on any atom is -0.0656 e. The molecule has 0 aliphatic heterocycles. The van der Waals surface area contributed by atoms with Gasteiger partial charge in [0, 0.05) is 0 Å². The third-order valence-electron chi connectivity index (χ3n) is 7.07. The maximum absolute atomic E-state index is 2.55. The Labute approximate surface area is 173 Å².